The van der Waals surface area contributed by atoms with E-state index in [0.717, 1.165) is 5.56 Å². The average molecular weight is 301 g/mol. The molecule has 116 valence electrons. The molecule has 0 radical (unpaired) electrons. The molecule has 0 spiro atoms. The highest BCUT2D eigenvalue weighted by molar-refractivity contribution is 5.93. The molecule has 2 heterocycles. The number of aromatic nitrogens is 2. The number of carbonyl (C=O) groups is 1. The molecule has 2 aromatic heterocycles. The maximum atomic E-state index is 12.1. The first-order chi connectivity index (χ1) is 10.6. The van der Waals surface area contributed by atoms with Gasteiger partial charge in [-0.1, -0.05) is 6.07 Å². The van der Waals surface area contributed by atoms with Crippen LogP contribution in [0.15, 0.2) is 36.7 Å². The molecule has 0 bridgehead atoms. The van der Waals surface area contributed by atoms with Crippen LogP contribution >= 0.6 is 0 Å². The Morgan fingerprint density at radius 2 is 2.09 bits per heavy atom. The molecule has 2 aromatic rings. The first-order valence-corrected chi connectivity index (χ1v) is 6.99. The molecule has 0 aliphatic heterocycles. The van der Waals surface area contributed by atoms with E-state index in [-0.39, 0.29) is 12.0 Å². The SMILES string of the molecule is COc1ncccc1CNC(=O)c1ccc(OC(C)C)nc1. The van der Waals surface area contributed by atoms with E-state index in [1.54, 1.807) is 31.5 Å². The van der Waals surface area contributed by atoms with Crippen molar-refractivity contribution < 1.29 is 14.3 Å². The van der Waals surface area contributed by atoms with Gasteiger partial charge in [0.05, 0.1) is 18.8 Å². The fraction of sp³-hybridized carbons (Fsp3) is 0.312. The monoisotopic (exact) mass is 301 g/mol. The highest BCUT2D eigenvalue weighted by Gasteiger charge is 2.09. The van der Waals surface area contributed by atoms with Crippen LogP contribution in [-0.4, -0.2) is 29.1 Å². The summed E-state index contributed by atoms with van der Waals surface area (Å²) < 4.78 is 10.6. The molecule has 0 unspecified atom stereocenters. The number of methoxy groups -OCH3 is 1. The van der Waals surface area contributed by atoms with Crippen LogP contribution in [0.5, 0.6) is 11.8 Å². The van der Waals surface area contributed by atoms with Crippen LogP contribution in [0.25, 0.3) is 0 Å². The standard InChI is InChI=1S/C16H19N3O3/c1-11(2)22-14-7-6-12(9-18-14)15(20)19-10-13-5-4-8-17-16(13)21-3/h4-9,11H,10H2,1-3H3,(H,19,20). The van der Waals surface area contributed by atoms with Crippen molar-refractivity contribution in [1.82, 2.24) is 15.3 Å². The molecule has 6 heteroatoms. The number of rotatable bonds is 6. The quantitative estimate of drug-likeness (QED) is 0.885. The molecule has 2 rings (SSSR count). The fourth-order valence-electron chi connectivity index (χ4n) is 1.85. The fourth-order valence-corrected chi connectivity index (χ4v) is 1.85. The summed E-state index contributed by atoms with van der Waals surface area (Å²) in [5, 5.41) is 2.81. The van der Waals surface area contributed by atoms with Gasteiger partial charge in [0.1, 0.15) is 0 Å². The summed E-state index contributed by atoms with van der Waals surface area (Å²) in [6.45, 7) is 4.17. The Labute approximate surface area is 129 Å². The number of hydrogen-bond donors (Lipinski definition) is 1. The summed E-state index contributed by atoms with van der Waals surface area (Å²) in [7, 11) is 1.55. The van der Waals surface area contributed by atoms with Gasteiger partial charge in [-0.2, -0.15) is 0 Å². The van der Waals surface area contributed by atoms with E-state index in [4.69, 9.17) is 9.47 Å². The van der Waals surface area contributed by atoms with Gasteiger partial charge in [0, 0.05) is 30.6 Å². The number of ether oxygens (including phenoxy) is 2. The number of nitrogens with one attached hydrogen (secondary N) is 1. The van der Waals surface area contributed by atoms with Crippen LogP contribution in [0.3, 0.4) is 0 Å². The zero-order valence-electron chi connectivity index (χ0n) is 12.9. The minimum atomic E-state index is -0.213. The third kappa shape index (κ3) is 4.18. The zero-order chi connectivity index (χ0) is 15.9. The number of amides is 1. The molecule has 0 atom stereocenters. The van der Waals surface area contributed by atoms with Crippen LogP contribution in [0.4, 0.5) is 0 Å². The molecule has 22 heavy (non-hydrogen) atoms. The summed E-state index contributed by atoms with van der Waals surface area (Å²) in [6, 6.07) is 7.01. The number of hydrogen-bond acceptors (Lipinski definition) is 5. The van der Waals surface area contributed by atoms with E-state index < -0.39 is 0 Å². The maximum Gasteiger partial charge on any atom is 0.253 e. The Hall–Kier alpha value is -2.63. The number of nitrogens with zero attached hydrogens (tertiary/aromatic N) is 2. The van der Waals surface area contributed by atoms with Gasteiger partial charge in [0.15, 0.2) is 0 Å². The largest absolute Gasteiger partial charge is 0.481 e. The van der Waals surface area contributed by atoms with Crippen LogP contribution in [0, 0.1) is 0 Å². The van der Waals surface area contributed by atoms with Crippen LogP contribution < -0.4 is 14.8 Å². The van der Waals surface area contributed by atoms with E-state index in [1.165, 1.54) is 6.20 Å². The first-order valence-electron chi connectivity index (χ1n) is 6.99. The molecule has 0 fully saturated rings. The summed E-state index contributed by atoms with van der Waals surface area (Å²) in [4.78, 5) is 20.3. The minimum Gasteiger partial charge on any atom is -0.481 e. The third-order valence-electron chi connectivity index (χ3n) is 2.84. The summed E-state index contributed by atoms with van der Waals surface area (Å²) in [6.07, 6.45) is 3.18. The van der Waals surface area contributed by atoms with Crippen molar-refractivity contribution in [3.8, 4) is 11.8 Å². The number of pyridine rings is 2. The van der Waals surface area contributed by atoms with Gasteiger partial charge in [0.25, 0.3) is 5.91 Å². The Bertz CT molecular complexity index is 627. The van der Waals surface area contributed by atoms with E-state index >= 15 is 0 Å². The smallest absolute Gasteiger partial charge is 0.253 e. The molecule has 0 aliphatic rings. The first kappa shape index (κ1) is 15.8. The average Bonchev–Trinajstić information content (AvgIpc) is 2.53. The van der Waals surface area contributed by atoms with Crippen molar-refractivity contribution in [2.45, 2.75) is 26.5 Å². The summed E-state index contributed by atoms with van der Waals surface area (Å²) >= 11 is 0. The Morgan fingerprint density at radius 1 is 1.27 bits per heavy atom. The lowest BCUT2D eigenvalue weighted by atomic mass is 10.2. The molecule has 1 amide bonds. The van der Waals surface area contributed by atoms with Crippen molar-refractivity contribution in [1.29, 1.82) is 0 Å². The normalized spacial score (nSPS) is 10.4. The van der Waals surface area contributed by atoms with Gasteiger partial charge < -0.3 is 14.8 Å². The lowest BCUT2D eigenvalue weighted by molar-refractivity contribution is 0.0950. The molecule has 6 nitrogen and oxygen atoms in total. The van der Waals surface area contributed by atoms with Crippen molar-refractivity contribution in [2.24, 2.45) is 0 Å². The molecular formula is C16H19N3O3. The molecule has 0 saturated heterocycles. The van der Waals surface area contributed by atoms with Crippen molar-refractivity contribution in [3.05, 3.63) is 47.8 Å². The summed E-state index contributed by atoms with van der Waals surface area (Å²) in [5.74, 6) is 0.789. The van der Waals surface area contributed by atoms with Gasteiger partial charge in [-0.3, -0.25) is 4.79 Å². The lowest BCUT2D eigenvalue weighted by Gasteiger charge is -2.10. The molecule has 0 aromatic carbocycles. The van der Waals surface area contributed by atoms with Gasteiger partial charge in [-0.05, 0) is 26.0 Å². The molecule has 0 aliphatic carbocycles. The Kier molecular flexibility index (Phi) is 5.30. The topological polar surface area (TPSA) is 73.3 Å². The molecule has 0 saturated carbocycles. The zero-order valence-corrected chi connectivity index (χ0v) is 12.9. The minimum absolute atomic E-state index is 0.0465. The van der Waals surface area contributed by atoms with Gasteiger partial charge in [-0.15, -0.1) is 0 Å². The predicted molar refractivity (Wildman–Crippen MR) is 82.0 cm³/mol. The van der Waals surface area contributed by atoms with Crippen molar-refractivity contribution in [3.63, 3.8) is 0 Å². The van der Waals surface area contributed by atoms with E-state index in [9.17, 15) is 4.79 Å². The van der Waals surface area contributed by atoms with Crippen molar-refractivity contribution in [2.75, 3.05) is 7.11 Å². The third-order valence-corrected chi connectivity index (χ3v) is 2.84. The van der Waals surface area contributed by atoms with E-state index in [1.807, 2.05) is 19.9 Å². The predicted octanol–water partition coefficient (Wildman–Crippen LogP) is 2.20. The lowest BCUT2D eigenvalue weighted by Crippen LogP contribution is -2.23. The van der Waals surface area contributed by atoms with Gasteiger partial charge >= 0.3 is 0 Å². The Morgan fingerprint density at radius 3 is 2.73 bits per heavy atom. The van der Waals surface area contributed by atoms with Gasteiger partial charge in [0.2, 0.25) is 11.8 Å². The maximum absolute atomic E-state index is 12.1. The molecular weight excluding hydrogens is 282 g/mol. The van der Waals surface area contributed by atoms with Crippen molar-refractivity contribution >= 4 is 5.91 Å². The number of carbonyl (C=O) groups excluding carboxylic acids is 1. The highest BCUT2D eigenvalue weighted by atomic mass is 16.5. The Balaban J connectivity index is 1.97. The molecule has 1 N–H and O–H groups in total. The summed E-state index contributed by atoms with van der Waals surface area (Å²) in [5.41, 5.74) is 1.28. The van der Waals surface area contributed by atoms with Gasteiger partial charge in [-0.25, -0.2) is 9.97 Å². The van der Waals surface area contributed by atoms with Crippen LogP contribution in [0.1, 0.15) is 29.8 Å². The van der Waals surface area contributed by atoms with E-state index in [0.29, 0.717) is 23.9 Å². The highest BCUT2D eigenvalue weighted by Crippen LogP contribution is 2.14. The second kappa shape index (κ2) is 7.40. The van der Waals surface area contributed by atoms with Crippen LogP contribution in [-0.2, 0) is 6.54 Å². The second-order valence-corrected chi connectivity index (χ2v) is 4.91. The van der Waals surface area contributed by atoms with Crippen LogP contribution in [0.2, 0.25) is 0 Å². The second-order valence-electron chi connectivity index (χ2n) is 4.91. The van der Waals surface area contributed by atoms with E-state index in [2.05, 4.69) is 15.3 Å².